The van der Waals surface area contributed by atoms with Crippen LogP contribution < -0.4 is 5.32 Å². The second-order valence-corrected chi connectivity index (χ2v) is 4.03. The van der Waals surface area contributed by atoms with Gasteiger partial charge in [0.15, 0.2) is 5.69 Å². The maximum atomic E-state index is 11.2. The van der Waals surface area contributed by atoms with Crippen LogP contribution in [-0.4, -0.2) is 40.1 Å². The van der Waals surface area contributed by atoms with Gasteiger partial charge in [-0.25, -0.2) is 14.6 Å². The van der Waals surface area contributed by atoms with E-state index in [0.29, 0.717) is 24.6 Å². The number of aromatic carboxylic acids is 1. The lowest BCUT2D eigenvalue weighted by Gasteiger charge is -2.10. The van der Waals surface area contributed by atoms with E-state index in [1.165, 1.54) is 16.7 Å². The van der Waals surface area contributed by atoms with Gasteiger partial charge in [-0.15, -0.1) is 11.3 Å². The van der Waals surface area contributed by atoms with Crippen molar-refractivity contribution in [3.05, 3.63) is 16.1 Å². The van der Waals surface area contributed by atoms with Gasteiger partial charge in [-0.05, 0) is 0 Å². The minimum atomic E-state index is -1.04. The zero-order valence-electron chi connectivity index (χ0n) is 7.77. The lowest BCUT2D eigenvalue weighted by atomic mass is 10.5. The number of nitrogens with one attached hydrogen (secondary N) is 1. The minimum absolute atomic E-state index is 0.0367. The quantitative estimate of drug-likeness (QED) is 0.781. The molecule has 2 N–H and O–H groups in total. The molecule has 1 aliphatic rings. The monoisotopic (exact) mass is 227 g/mol. The normalized spacial score (nSPS) is 15.5. The van der Waals surface area contributed by atoms with E-state index in [0.717, 1.165) is 0 Å². The number of nitrogens with zero attached hydrogens (tertiary/aromatic N) is 2. The molecule has 0 saturated carbocycles. The van der Waals surface area contributed by atoms with E-state index in [2.05, 4.69) is 10.3 Å². The van der Waals surface area contributed by atoms with Crippen molar-refractivity contribution in [3.8, 4) is 0 Å². The average Bonchev–Trinajstić information content (AvgIpc) is 2.77. The Kier molecular flexibility index (Phi) is 2.55. The van der Waals surface area contributed by atoms with Gasteiger partial charge in [0.1, 0.15) is 5.01 Å². The molecule has 0 unspecified atom stereocenters. The third-order valence-corrected chi connectivity index (χ3v) is 2.88. The summed E-state index contributed by atoms with van der Waals surface area (Å²) in [6, 6.07) is -0.123. The SMILES string of the molecule is O=C(O)c1csc(CN2CCNC2=O)n1. The number of amides is 2. The fourth-order valence-corrected chi connectivity index (χ4v) is 2.09. The molecule has 0 aliphatic carbocycles. The fourth-order valence-electron chi connectivity index (χ4n) is 1.31. The van der Waals surface area contributed by atoms with E-state index in [-0.39, 0.29) is 11.7 Å². The van der Waals surface area contributed by atoms with E-state index in [1.807, 2.05) is 0 Å². The van der Waals surface area contributed by atoms with Crippen LogP contribution in [0.2, 0.25) is 0 Å². The van der Waals surface area contributed by atoms with Gasteiger partial charge in [0.25, 0.3) is 0 Å². The molecule has 0 radical (unpaired) electrons. The first-order valence-corrected chi connectivity index (χ1v) is 5.25. The predicted octanol–water partition coefficient (Wildman–Crippen LogP) is 0.367. The van der Waals surface area contributed by atoms with Crippen LogP contribution in [0, 0.1) is 0 Å². The molecule has 1 aromatic heterocycles. The molecule has 2 rings (SSSR count). The van der Waals surface area contributed by atoms with Gasteiger partial charge < -0.3 is 15.3 Å². The maximum Gasteiger partial charge on any atom is 0.355 e. The Morgan fingerprint density at radius 3 is 3.07 bits per heavy atom. The van der Waals surface area contributed by atoms with Gasteiger partial charge in [0.2, 0.25) is 0 Å². The summed E-state index contributed by atoms with van der Waals surface area (Å²) in [5.74, 6) is -1.04. The van der Waals surface area contributed by atoms with Gasteiger partial charge >= 0.3 is 12.0 Å². The molecule has 1 fully saturated rings. The Morgan fingerprint density at radius 2 is 2.53 bits per heavy atom. The highest BCUT2D eigenvalue weighted by molar-refractivity contribution is 7.09. The van der Waals surface area contributed by atoms with Crippen molar-refractivity contribution in [2.45, 2.75) is 6.54 Å². The third-order valence-electron chi connectivity index (χ3n) is 2.04. The fraction of sp³-hybridized carbons (Fsp3) is 0.375. The van der Waals surface area contributed by atoms with Crippen LogP contribution in [-0.2, 0) is 6.54 Å². The van der Waals surface area contributed by atoms with Crippen molar-refractivity contribution in [1.82, 2.24) is 15.2 Å². The number of hydrogen-bond donors (Lipinski definition) is 2. The van der Waals surface area contributed by atoms with E-state index in [1.54, 1.807) is 4.90 Å². The summed E-state index contributed by atoms with van der Waals surface area (Å²) >= 11 is 1.25. The van der Waals surface area contributed by atoms with Gasteiger partial charge in [0.05, 0.1) is 6.54 Å². The van der Waals surface area contributed by atoms with Crippen LogP contribution >= 0.6 is 11.3 Å². The lowest BCUT2D eigenvalue weighted by molar-refractivity contribution is 0.0691. The Labute approximate surface area is 89.5 Å². The average molecular weight is 227 g/mol. The molecule has 2 heterocycles. The summed E-state index contributed by atoms with van der Waals surface area (Å²) in [5.41, 5.74) is 0.0367. The molecule has 80 valence electrons. The van der Waals surface area contributed by atoms with Gasteiger partial charge in [-0.3, -0.25) is 0 Å². The summed E-state index contributed by atoms with van der Waals surface area (Å²) in [6.07, 6.45) is 0. The predicted molar refractivity (Wildman–Crippen MR) is 52.9 cm³/mol. The number of carboxylic acids is 1. The van der Waals surface area contributed by atoms with Crippen LogP contribution in [0.1, 0.15) is 15.5 Å². The second-order valence-electron chi connectivity index (χ2n) is 3.09. The first-order valence-electron chi connectivity index (χ1n) is 4.37. The molecule has 15 heavy (non-hydrogen) atoms. The minimum Gasteiger partial charge on any atom is -0.476 e. The number of carboxylic acid groups (broad SMARTS) is 1. The number of carbonyl (C=O) groups excluding carboxylic acids is 1. The molecule has 6 nitrogen and oxygen atoms in total. The number of urea groups is 1. The maximum absolute atomic E-state index is 11.2. The van der Waals surface area contributed by atoms with Crippen molar-refractivity contribution in [2.24, 2.45) is 0 Å². The highest BCUT2D eigenvalue weighted by atomic mass is 32.1. The van der Waals surface area contributed by atoms with Crippen LogP contribution in [0.4, 0.5) is 4.79 Å². The molecule has 1 aromatic rings. The summed E-state index contributed by atoms with van der Waals surface area (Å²) < 4.78 is 0. The van der Waals surface area contributed by atoms with Gasteiger partial charge in [0, 0.05) is 18.5 Å². The molecule has 1 saturated heterocycles. The summed E-state index contributed by atoms with van der Waals surface area (Å²) in [4.78, 5) is 27.3. The van der Waals surface area contributed by atoms with Crippen LogP contribution in [0.3, 0.4) is 0 Å². The summed E-state index contributed by atoms with van der Waals surface area (Å²) in [5, 5.41) is 13.5. The number of hydrogen-bond acceptors (Lipinski definition) is 4. The molecule has 2 amide bonds. The Hall–Kier alpha value is -1.63. The van der Waals surface area contributed by atoms with Gasteiger partial charge in [-0.2, -0.15) is 0 Å². The molecular weight excluding hydrogens is 218 g/mol. The van der Waals surface area contributed by atoms with Crippen molar-refractivity contribution >= 4 is 23.3 Å². The molecule has 1 aliphatic heterocycles. The number of thiazole rings is 1. The van der Waals surface area contributed by atoms with E-state index in [9.17, 15) is 9.59 Å². The molecular formula is C8H9N3O3S. The number of rotatable bonds is 3. The first-order chi connectivity index (χ1) is 7.16. The largest absolute Gasteiger partial charge is 0.476 e. The Bertz CT molecular complexity index is 404. The Balaban J connectivity index is 2.04. The van der Waals surface area contributed by atoms with Crippen LogP contribution in [0.5, 0.6) is 0 Å². The molecule has 7 heteroatoms. The molecule has 0 spiro atoms. The van der Waals surface area contributed by atoms with Crippen molar-refractivity contribution in [2.75, 3.05) is 13.1 Å². The van der Waals surface area contributed by atoms with Crippen molar-refractivity contribution in [3.63, 3.8) is 0 Å². The molecule has 0 bridgehead atoms. The second kappa shape index (κ2) is 3.85. The van der Waals surface area contributed by atoms with Crippen LogP contribution in [0.25, 0.3) is 0 Å². The summed E-state index contributed by atoms with van der Waals surface area (Å²) in [7, 11) is 0. The lowest BCUT2D eigenvalue weighted by Crippen LogP contribution is -2.27. The van der Waals surface area contributed by atoms with Crippen LogP contribution in [0.15, 0.2) is 5.38 Å². The van der Waals surface area contributed by atoms with E-state index in [4.69, 9.17) is 5.11 Å². The Morgan fingerprint density at radius 1 is 1.73 bits per heavy atom. The first kappa shape index (κ1) is 9.91. The van der Waals surface area contributed by atoms with E-state index >= 15 is 0 Å². The zero-order chi connectivity index (χ0) is 10.8. The van der Waals surface area contributed by atoms with Gasteiger partial charge in [-0.1, -0.05) is 0 Å². The smallest absolute Gasteiger partial charge is 0.355 e. The van der Waals surface area contributed by atoms with E-state index < -0.39 is 5.97 Å². The van der Waals surface area contributed by atoms with Crippen molar-refractivity contribution in [1.29, 1.82) is 0 Å². The topological polar surface area (TPSA) is 82.5 Å². The highest BCUT2D eigenvalue weighted by Crippen LogP contribution is 2.13. The standard InChI is InChI=1S/C8H9N3O3S/c12-7(13)5-4-15-6(10-5)3-11-2-1-9-8(11)14/h4H,1-3H2,(H,9,14)(H,12,13). The number of carbonyl (C=O) groups is 2. The molecule has 0 atom stereocenters. The zero-order valence-corrected chi connectivity index (χ0v) is 8.58. The number of aromatic nitrogens is 1. The van der Waals surface area contributed by atoms with Crippen molar-refractivity contribution < 1.29 is 14.7 Å². The molecule has 0 aromatic carbocycles. The summed E-state index contributed by atoms with van der Waals surface area (Å²) in [6.45, 7) is 1.65. The third kappa shape index (κ3) is 2.07. The highest BCUT2D eigenvalue weighted by Gasteiger charge is 2.21.